The van der Waals surface area contributed by atoms with Gasteiger partial charge in [-0.25, -0.2) is 0 Å². The largest absolute Gasteiger partial charge is 0.382 e. The van der Waals surface area contributed by atoms with E-state index < -0.39 is 5.60 Å². The summed E-state index contributed by atoms with van der Waals surface area (Å²) in [5.74, 6) is 0.0768. The minimum Gasteiger partial charge on any atom is -0.382 e. The van der Waals surface area contributed by atoms with Gasteiger partial charge in [0.1, 0.15) is 5.60 Å². The summed E-state index contributed by atoms with van der Waals surface area (Å²) in [7, 11) is 1.80. The Labute approximate surface area is 78.4 Å². The Morgan fingerprint density at radius 1 is 1.69 bits per heavy atom. The highest BCUT2D eigenvalue weighted by molar-refractivity contribution is 5.13. The van der Waals surface area contributed by atoms with Gasteiger partial charge < -0.3 is 10.8 Å². The molecular weight excluding hydrogens is 166 g/mol. The number of nitrogens with two attached hydrogens (primary N) is 1. The lowest BCUT2D eigenvalue weighted by molar-refractivity contribution is -0.00858. The first kappa shape index (κ1) is 10.2. The van der Waals surface area contributed by atoms with Crippen LogP contribution in [0, 0.1) is 5.92 Å². The van der Waals surface area contributed by atoms with E-state index in [-0.39, 0.29) is 12.5 Å². The van der Waals surface area contributed by atoms with Gasteiger partial charge in [0.15, 0.2) is 0 Å². The van der Waals surface area contributed by atoms with Crippen molar-refractivity contribution in [1.82, 2.24) is 9.78 Å². The molecule has 4 nitrogen and oxygen atoms in total. The van der Waals surface area contributed by atoms with Gasteiger partial charge in [0.25, 0.3) is 0 Å². The Bertz CT molecular complexity index is 282. The molecule has 0 bridgehead atoms. The van der Waals surface area contributed by atoms with Crippen LogP contribution < -0.4 is 5.73 Å². The molecule has 0 amide bonds. The van der Waals surface area contributed by atoms with Crippen LogP contribution in [-0.2, 0) is 12.6 Å². The van der Waals surface area contributed by atoms with Crippen molar-refractivity contribution in [1.29, 1.82) is 0 Å². The molecule has 0 fully saturated rings. The van der Waals surface area contributed by atoms with Gasteiger partial charge >= 0.3 is 0 Å². The maximum absolute atomic E-state index is 10.3. The van der Waals surface area contributed by atoms with E-state index in [0.717, 1.165) is 5.69 Å². The predicted octanol–water partition coefficient (Wildman–Crippen LogP) is 0.222. The van der Waals surface area contributed by atoms with Crippen LogP contribution in [0.25, 0.3) is 0 Å². The maximum atomic E-state index is 10.3. The van der Waals surface area contributed by atoms with Crippen LogP contribution in [-0.4, -0.2) is 21.4 Å². The highest BCUT2D eigenvalue weighted by Gasteiger charge is 2.33. The second-order valence-electron chi connectivity index (χ2n) is 3.62. The fraction of sp³-hybridized carbons (Fsp3) is 0.667. The average Bonchev–Trinajstić information content (AvgIpc) is 2.50. The third-order valence-corrected chi connectivity index (χ3v) is 2.53. The number of hydrogen-bond acceptors (Lipinski definition) is 3. The van der Waals surface area contributed by atoms with Gasteiger partial charge in [0, 0.05) is 19.8 Å². The Morgan fingerprint density at radius 3 is 2.62 bits per heavy atom. The fourth-order valence-corrected chi connectivity index (χ4v) is 1.43. The van der Waals surface area contributed by atoms with Crippen molar-refractivity contribution in [3.8, 4) is 0 Å². The second kappa shape index (κ2) is 3.47. The second-order valence-corrected chi connectivity index (χ2v) is 3.62. The van der Waals surface area contributed by atoms with Crippen molar-refractivity contribution in [2.24, 2.45) is 18.7 Å². The molecule has 0 saturated carbocycles. The predicted molar refractivity (Wildman–Crippen MR) is 51.0 cm³/mol. The van der Waals surface area contributed by atoms with Crippen molar-refractivity contribution in [3.05, 3.63) is 18.0 Å². The molecule has 0 aliphatic heterocycles. The van der Waals surface area contributed by atoms with E-state index in [2.05, 4.69) is 5.10 Å². The SMILES string of the molecule is CC(C)C(O)(CN)c1ccnn1C. The molecule has 3 N–H and O–H groups in total. The van der Waals surface area contributed by atoms with Crippen LogP contribution in [0.2, 0.25) is 0 Å². The minimum absolute atomic E-state index is 0.0768. The monoisotopic (exact) mass is 183 g/mol. The van der Waals surface area contributed by atoms with Crippen LogP contribution in [0.4, 0.5) is 0 Å². The molecule has 1 aromatic rings. The summed E-state index contributed by atoms with van der Waals surface area (Å²) >= 11 is 0. The summed E-state index contributed by atoms with van der Waals surface area (Å²) in [5, 5.41) is 14.3. The number of nitrogens with zero attached hydrogens (tertiary/aromatic N) is 2. The fourth-order valence-electron chi connectivity index (χ4n) is 1.43. The van der Waals surface area contributed by atoms with E-state index in [1.807, 2.05) is 13.8 Å². The first-order valence-corrected chi connectivity index (χ1v) is 4.43. The number of aliphatic hydroxyl groups is 1. The number of hydrogen-bond donors (Lipinski definition) is 2. The van der Waals surface area contributed by atoms with Gasteiger partial charge in [-0.2, -0.15) is 5.10 Å². The van der Waals surface area contributed by atoms with Gasteiger partial charge in [0.2, 0.25) is 0 Å². The molecule has 1 heterocycles. The molecule has 0 aliphatic rings. The van der Waals surface area contributed by atoms with E-state index >= 15 is 0 Å². The topological polar surface area (TPSA) is 64.1 Å². The first-order chi connectivity index (χ1) is 6.02. The average molecular weight is 183 g/mol. The Balaban J connectivity index is 3.10. The molecule has 1 aromatic heterocycles. The molecule has 74 valence electrons. The normalized spacial score (nSPS) is 16.2. The molecule has 0 aliphatic carbocycles. The van der Waals surface area contributed by atoms with Gasteiger partial charge in [-0.3, -0.25) is 4.68 Å². The third kappa shape index (κ3) is 1.59. The van der Waals surface area contributed by atoms with Crippen molar-refractivity contribution in [3.63, 3.8) is 0 Å². The van der Waals surface area contributed by atoms with E-state index in [9.17, 15) is 5.11 Å². The zero-order valence-corrected chi connectivity index (χ0v) is 8.36. The zero-order valence-electron chi connectivity index (χ0n) is 8.36. The van der Waals surface area contributed by atoms with Crippen LogP contribution >= 0.6 is 0 Å². The standard InChI is InChI=1S/C9H17N3O/c1-7(2)9(13,6-10)8-4-5-11-12(8)3/h4-5,7,13H,6,10H2,1-3H3. The molecule has 1 unspecified atom stereocenters. The van der Waals surface area contributed by atoms with E-state index in [1.54, 1.807) is 24.0 Å². The van der Waals surface area contributed by atoms with Crippen molar-refractivity contribution in [2.45, 2.75) is 19.4 Å². The van der Waals surface area contributed by atoms with E-state index in [4.69, 9.17) is 5.73 Å². The Kier molecular flexibility index (Phi) is 2.73. The lowest BCUT2D eigenvalue weighted by atomic mass is 9.87. The van der Waals surface area contributed by atoms with Crippen molar-refractivity contribution < 1.29 is 5.11 Å². The van der Waals surface area contributed by atoms with Gasteiger partial charge in [-0.1, -0.05) is 13.8 Å². The molecule has 4 heteroatoms. The van der Waals surface area contributed by atoms with E-state index in [0.29, 0.717) is 0 Å². The molecule has 0 spiro atoms. The first-order valence-electron chi connectivity index (χ1n) is 4.43. The lowest BCUT2D eigenvalue weighted by Gasteiger charge is -2.30. The van der Waals surface area contributed by atoms with Gasteiger partial charge in [-0.15, -0.1) is 0 Å². The molecular formula is C9H17N3O. The number of aryl methyl sites for hydroxylation is 1. The maximum Gasteiger partial charge on any atom is 0.121 e. The zero-order chi connectivity index (χ0) is 10.1. The Morgan fingerprint density at radius 2 is 2.31 bits per heavy atom. The molecule has 0 saturated heterocycles. The number of rotatable bonds is 3. The van der Waals surface area contributed by atoms with Crippen LogP contribution in [0.15, 0.2) is 12.3 Å². The summed E-state index contributed by atoms with van der Waals surface area (Å²) in [6.45, 7) is 4.10. The summed E-state index contributed by atoms with van der Waals surface area (Å²) in [4.78, 5) is 0. The molecule has 1 rings (SSSR count). The lowest BCUT2D eigenvalue weighted by Crippen LogP contribution is -2.41. The minimum atomic E-state index is -0.967. The molecule has 13 heavy (non-hydrogen) atoms. The van der Waals surface area contributed by atoms with Gasteiger partial charge in [0.05, 0.1) is 5.69 Å². The van der Waals surface area contributed by atoms with Crippen LogP contribution in [0.5, 0.6) is 0 Å². The summed E-state index contributed by atoms with van der Waals surface area (Å²) in [6, 6.07) is 1.80. The Hall–Kier alpha value is -0.870. The summed E-state index contributed by atoms with van der Waals surface area (Å²) < 4.78 is 1.66. The third-order valence-electron chi connectivity index (χ3n) is 2.53. The highest BCUT2D eigenvalue weighted by atomic mass is 16.3. The van der Waals surface area contributed by atoms with Crippen LogP contribution in [0.3, 0.4) is 0 Å². The highest BCUT2D eigenvalue weighted by Crippen LogP contribution is 2.27. The van der Waals surface area contributed by atoms with Crippen molar-refractivity contribution >= 4 is 0 Å². The smallest absolute Gasteiger partial charge is 0.121 e. The molecule has 0 aromatic carbocycles. The summed E-state index contributed by atoms with van der Waals surface area (Å²) in [6.07, 6.45) is 1.67. The van der Waals surface area contributed by atoms with Gasteiger partial charge in [-0.05, 0) is 12.0 Å². The molecule has 0 radical (unpaired) electrons. The quantitative estimate of drug-likeness (QED) is 0.704. The van der Waals surface area contributed by atoms with E-state index in [1.165, 1.54) is 0 Å². The van der Waals surface area contributed by atoms with Crippen LogP contribution in [0.1, 0.15) is 19.5 Å². The number of aromatic nitrogens is 2. The summed E-state index contributed by atoms with van der Waals surface area (Å²) in [5.41, 5.74) is 5.38. The van der Waals surface area contributed by atoms with Crippen molar-refractivity contribution in [2.75, 3.05) is 6.54 Å². The molecule has 1 atom stereocenters.